The topological polar surface area (TPSA) is 26.0 Å². The normalized spacial score (nSPS) is 11.8. The van der Waals surface area contributed by atoms with Crippen LogP contribution in [-0.4, -0.2) is 0 Å². The number of nitrogen functional groups attached to an aromatic ring is 1. The lowest BCUT2D eigenvalue weighted by atomic mass is 10.2. The molecular weight excluding hydrogens is 301 g/mol. The largest absolute Gasteiger partial charge is 0.417 e. The molecule has 0 aliphatic heterocycles. The van der Waals surface area contributed by atoms with E-state index in [-0.39, 0.29) is 9.26 Å². The molecule has 72 valence electrons. The third-order valence-electron chi connectivity index (χ3n) is 1.37. The van der Waals surface area contributed by atoms with Crippen LogP contribution < -0.4 is 5.73 Å². The van der Waals surface area contributed by atoms with E-state index in [9.17, 15) is 17.6 Å². The Labute approximate surface area is 85.1 Å². The summed E-state index contributed by atoms with van der Waals surface area (Å²) in [5.74, 6) is -0.981. The molecule has 1 aromatic carbocycles. The summed E-state index contributed by atoms with van der Waals surface area (Å²) in [6.07, 6.45) is -4.56. The molecule has 1 aromatic rings. The Hall–Kier alpha value is -0.530. The molecule has 0 radical (unpaired) electrons. The van der Waals surface area contributed by atoms with Crippen molar-refractivity contribution in [2.24, 2.45) is 0 Å². The van der Waals surface area contributed by atoms with Gasteiger partial charge in [-0.3, -0.25) is 0 Å². The van der Waals surface area contributed by atoms with Gasteiger partial charge in [0.1, 0.15) is 5.82 Å². The summed E-state index contributed by atoms with van der Waals surface area (Å²) in [5, 5.41) is 0. The number of rotatable bonds is 0. The highest BCUT2D eigenvalue weighted by molar-refractivity contribution is 14.1. The fourth-order valence-corrected chi connectivity index (χ4v) is 1.43. The SMILES string of the molecule is Nc1cc(F)cc(C(F)(F)F)c1I. The van der Waals surface area contributed by atoms with Crippen LogP contribution in [0.15, 0.2) is 12.1 Å². The minimum Gasteiger partial charge on any atom is -0.398 e. The second kappa shape index (κ2) is 3.32. The van der Waals surface area contributed by atoms with Gasteiger partial charge in [-0.25, -0.2) is 4.39 Å². The Morgan fingerprint density at radius 3 is 2.23 bits per heavy atom. The van der Waals surface area contributed by atoms with E-state index in [4.69, 9.17) is 5.73 Å². The standard InChI is InChI=1S/C7H4F4IN/c8-3-1-4(7(9,10)11)6(12)5(13)2-3/h1-2H,13H2. The van der Waals surface area contributed by atoms with Gasteiger partial charge in [0.25, 0.3) is 0 Å². The molecule has 0 fully saturated rings. The van der Waals surface area contributed by atoms with E-state index < -0.39 is 17.6 Å². The van der Waals surface area contributed by atoms with E-state index >= 15 is 0 Å². The number of hydrogen-bond acceptors (Lipinski definition) is 1. The van der Waals surface area contributed by atoms with Gasteiger partial charge in [-0.2, -0.15) is 13.2 Å². The minimum atomic E-state index is -4.56. The maximum absolute atomic E-state index is 12.6. The van der Waals surface area contributed by atoms with E-state index in [1.54, 1.807) is 0 Å². The van der Waals surface area contributed by atoms with E-state index in [0.29, 0.717) is 6.07 Å². The van der Waals surface area contributed by atoms with Crippen molar-refractivity contribution in [2.75, 3.05) is 5.73 Å². The lowest BCUT2D eigenvalue weighted by molar-refractivity contribution is -0.138. The monoisotopic (exact) mass is 305 g/mol. The lowest BCUT2D eigenvalue weighted by Gasteiger charge is -2.10. The zero-order chi connectivity index (χ0) is 10.2. The van der Waals surface area contributed by atoms with Gasteiger partial charge in [-0.05, 0) is 34.7 Å². The molecule has 1 nitrogen and oxygen atoms in total. The van der Waals surface area contributed by atoms with Crippen LogP contribution in [0.25, 0.3) is 0 Å². The van der Waals surface area contributed by atoms with Gasteiger partial charge < -0.3 is 5.73 Å². The van der Waals surface area contributed by atoms with Crippen LogP contribution in [0.1, 0.15) is 5.56 Å². The van der Waals surface area contributed by atoms with Crippen LogP contribution in [-0.2, 0) is 6.18 Å². The van der Waals surface area contributed by atoms with Crippen molar-refractivity contribution in [3.63, 3.8) is 0 Å². The molecule has 6 heteroatoms. The molecule has 0 unspecified atom stereocenters. The third kappa shape index (κ3) is 2.23. The smallest absolute Gasteiger partial charge is 0.398 e. The average Bonchev–Trinajstić information content (AvgIpc) is 1.94. The molecule has 0 bridgehead atoms. The molecule has 13 heavy (non-hydrogen) atoms. The van der Waals surface area contributed by atoms with Gasteiger partial charge in [0, 0.05) is 9.26 Å². The molecule has 0 aliphatic carbocycles. The van der Waals surface area contributed by atoms with Crippen molar-refractivity contribution in [3.05, 3.63) is 27.1 Å². The maximum atomic E-state index is 12.6. The van der Waals surface area contributed by atoms with E-state index in [1.165, 1.54) is 22.6 Å². The second-order valence-corrected chi connectivity index (χ2v) is 3.43. The highest BCUT2D eigenvalue weighted by atomic mass is 127. The number of hydrogen-bond donors (Lipinski definition) is 1. The molecule has 0 aromatic heterocycles. The van der Waals surface area contributed by atoms with Crippen LogP contribution in [0.2, 0.25) is 0 Å². The molecule has 0 heterocycles. The predicted molar refractivity (Wildman–Crippen MR) is 48.5 cm³/mol. The molecule has 1 rings (SSSR count). The number of benzene rings is 1. The molecule has 0 spiro atoms. The Bertz CT molecular complexity index is 334. The zero-order valence-corrected chi connectivity index (χ0v) is 8.28. The first kappa shape index (κ1) is 10.6. The minimum absolute atomic E-state index is 0.175. The van der Waals surface area contributed by atoms with Gasteiger partial charge in [0.05, 0.1) is 5.56 Å². The van der Waals surface area contributed by atoms with Crippen molar-refractivity contribution in [1.82, 2.24) is 0 Å². The zero-order valence-electron chi connectivity index (χ0n) is 6.12. The van der Waals surface area contributed by atoms with Gasteiger partial charge in [0.15, 0.2) is 0 Å². The summed E-state index contributed by atoms with van der Waals surface area (Å²) < 4.78 is 48.9. The Morgan fingerprint density at radius 1 is 1.23 bits per heavy atom. The van der Waals surface area contributed by atoms with Crippen molar-refractivity contribution >= 4 is 28.3 Å². The summed E-state index contributed by atoms with van der Waals surface area (Å²) in [6, 6.07) is 1.29. The number of nitrogens with two attached hydrogens (primary N) is 1. The Kier molecular flexibility index (Phi) is 2.69. The van der Waals surface area contributed by atoms with Crippen molar-refractivity contribution < 1.29 is 17.6 Å². The molecular formula is C7H4F4IN. The highest BCUT2D eigenvalue weighted by Gasteiger charge is 2.34. The second-order valence-electron chi connectivity index (χ2n) is 2.35. The summed E-state index contributed by atoms with van der Waals surface area (Å²) in [5.41, 5.74) is 3.93. The number of alkyl halides is 3. The third-order valence-corrected chi connectivity index (χ3v) is 2.57. The van der Waals surface area contributed by atoms with Crippen LogP contribution >= 0.6 is 22.6 Å². The van der Waals surface area contributed by atoms with Crippen LogP contribution in [0, 0.1) is 9.39 Å². The number of anilines is 1. The van der Waals surface area contributed by atoms with Crippen molar-refractivity contribution in [3.8, 4) is 0 Å². The van der Waals surface area contributed by atoms with Crippen molar-refractivity contribution in [1.29, 1.82) is 0 Å². The Morgan fingerprint density at radius 2 is 1.77 bits per heavy atom. The van der Waals surface area contributed by atoms with Gasteiger partial charge in [-0.15, -0.1) is 0 Å². The van der Waals surface area contributed by atoms with Gasteiger partial charge in [0.2, 0.25) is 0 Å². The van der Waals surface area contributed by atoms with Crippen LogP contribution in [0.4, 0.5) is 23.2 Å². The fourth-order valence-electron chi connectivity index (χ4n) is 0.817. The molecule has 0 atom stereocenters. The quantitative estimate of drug-likeness (QED) is 0.445. The average molecular weight is 305 g/mol. The van der Waals surface area contributed by atoms with Gasteiger partial charge in [-0.1, -0.05) is 0 Å². The summed E-state index contributed by atoms with van der Waals surface area (Å²) in [6.45, 7) is 0. The molecule has 0 saturated heterocycles. The van der Waals surface area contributed by atoms with Gasteiger partial charge >= 0.3 is 6.18 Å². The molecule has 2 N–H and O–H groups in total. The first-order valence-corrected chi connectivity index (χ1v) is 4.22. The predicted octanol–water partition coefficient (Wildman–Crippen LogP) is 3.03. The van der Waals surface area contributed by atoms with Crippen LogP contribution in [0.5, 0.6) is 0 Å². The summed E-state index contributed by atoms with van der Waals surface area (Å²) in [7, 11) is 0. The van der Waals surface area contributed by atoms with Crippen LogP contribution in [0.3, 0.4) is 0 Å². The molecule has 0 saturated carbocycles. The Balaban J connectivity index is 3.37. The molecule has 0 aliphatic rings. The van der Waals surface area contributed by atoms with Crippen molar-refractivity contribution in [2.45, 2.75) is 6.18 Å². The highest BCUT2D eigenvalue weighted by Crippen LogP contribution is 2.35. The molecule has 0 amide bonds. The lowest BCUT2D eigenvalue weighted by Crippen LogP contribution is -2.09. The summed E-state index contributed by atoms with van der Waals surface area (Å²) in [4.78, 5) is 0. The number of halogens is 5. The first-order chi connectivity index (χ1) is 5.82. The van der Waals surface area contributed by atoms with E-state index in [0.717, 1.165) is 6.07 Å². The fraction of sp³-hybridized carbons (Fsp3) is 0.143. The van der Waals surface area contributed by atoms with E-state index in [2.05, 4.69) is 0 Å². The first-order valence-electron chi connectivity index (χ1n) is 3.14. The maximum Gasteiger partial charge on any atom is 0.417 e. The summed E-state index contributed by atoms with van der Waals surface area (Å²) >= 11 is 1.44. The van der Waals surface area contributed by atoms with E-state index in [1.807, 2.05) is 0 Å².